The Labute approximate surface area is 190 Å². The second-order valence-corrected chi connectivity index (χ2v) is 8.54. The number of pyridine rings is 1. The Morgan fingerprint density at radius 1 is 1.18 bits per heavy atom. The average Bonchev–Trinajstić information content (AvgIpc) is 3.08. The lowest BCUT2D eigenvalue weighted by Crippen LogP contribution is -2.66. The fourth-order valence-electron chi connectivity index (χ4n) is 4.62. The second kappa shape index (κ2) is 8.29. The smallest absolute Gasteiger partial charge is 0.322 e. The number of para-hydroxylation sites is 1. The second-order valence-electron chi connectivity index (χ2n) is 8.54. The van der Waals surface area contributed by atoms with Crippen molar-refractivity contribution >= 4 is 28.7 Å². The summed E-state index contributed by atoms with van der Waals surface area (Å²) in [6.45, 7) is 2.46. The third-order valence-corrected chi connectivity index (χ3v) is 6.33. The van der Waals surface area contributed by atoms with Crippen molar-refractivity contribution in [2.75, 3.05) is 13.2 Å². The number of aryl methyl sites for hydroxylation is 1. The highest BCUT2D eigenvalue weighted by atomic mass is 16.5. The van der Waals surface area contributed by atoms with Gasteiger partial charge in [0.25, 0.3) is 11.8 Å². The number of carbonyl (C=O) groups excluding carboxylic acids is 3. The van der Waals surface area contributed by atoms with Gasteiger partial charge in [0.15, 0.2) is 0 Å². The van der Waals surface area contributed by atoms with Gasteiger partial charge in [0.2, 0.25) is 0 Å². The molecule has 4 amide bonds. The summed E-state index contributed by atoms with van der Waals surface area (Å²) < 4.78 is 5.47. The van der Waals surface area contributed by atoms with Gasteiger partial charge < -0.3 is 15.4 Å². The molecule has 2 atom stereocenters. The molecule has 0 aliphatic carbocycles. The van der Waals surface area contributed by atoms with Crippen molar-refractivity contribution in [2.45, 2.75) is 31.3 Å². The predicted molar refractivity (Wildman–Crippen MR) is 122 cm³/mol. The number of ether oxygens (including phenoxy) is 1. The standard InChI is InChI=1S/C25H24N4O4/c1-15-12-18(19-4-2-3-5-20(19)26-15)13-16-6-8-17(9-7-16)22(30)27-21-14-33-11-10-25(21)23(31)28-24(32)29-25/h2-9,12,21H,10-11,13-14H2,1H3,(H,27,30)(H2,28,29,31,32)/t21-,25-/m1/s1. The monoisotopic (exact) mass is 444 g/mol. The molecule has 2 aliphatic rings. The van der Waals surface area contributed by atoms with Crippen molar-refractivity contribution in [2.24, 2.45) is 0 Å². The summed E-state index contributed by atoms with van der Waals surface area (Å²) in [5.41, 5.74) is 3.48. The number of nitrogens with one attached hydrogen (secondary N) is 3. The molecule has 5 rings (SSSR count). The third kappa shape index (κ3) is 3.93. The highest BCUT2D eigenvalue weighted by Gasteiger charge is 2.54. The van der Waals surface area contributed by atoms with Crippen LogP contribution in [0.1, 0.15) is 33.6 Å². The average molecular weight is 444 g/mol. The van der Waals surface area contributed by atoms with Gasteiger partial charge in [0, 0.05) is 29.7 Å². The Balaban J connectivity index is 1.32. The summed E-state index contributed by atoms with van der Waals surface area (Å²) >= 11 is 0. The lowest BCUT2D eigenvalue weighted by atomic mass is 9.85. The summed E-state index contributed by atoms with van der Waals surface area (Å²) in [6, 6.07) is 16.3. The quantitative estimate of drug-likeness (QED) is 0.535. The summed E-state index contributed by atoms with van der Waals surface area (Å²) in [4.78, 5) is 41.6. The summed E-state index contributed by atoms with van der Waals surface area (Å²) in [6.07, 6.45) is 1.02. The van der Waals surface area contributed by atoms with Crippen LogP contribution in [0, 0.1) is 6.92 Å². The van der Waals surface area contributed by atoms with Crippen LogP contribution in [-0.4, -0.2) is 47.6 Å². The van der Waals surface area contributed by atoms with E-state index in [1.165, 1.54) is 5.56 Å². The van der Waals surface area contributed by atoms with Crippen molar-refractivity contribution in [1.29, 1.82) is 0 Å². The number of hydrogen-bond donors (Lipinski definition) is 3. The van der Waals surface area contributed by atoms with E-state index in [-0.39, 0.29) is 12.5 Å². The molecular weight excluding hydrogens is 420 g/mol. The lowest BCUT2D eigenvalue weighted by molar-refractivity contribution is -0.128. The first-order valence-electron chi connectivity index (χ1n) is 10.9. The van der Waals surface area contributed by atoms with Gasteiger partial charge in [-0.15, -0.1) is 0 Å². The van der Waals surface area contributed by atoms with Crippen LogP contribution in [0.4, 0.5) is 4.79 Å². The van der Waals surface area contributed by atoms with Gasteiger partial charge in [0.1, 0.15) is 5.54 Å². The SMILES string of the molecule is Cc1cc(Cc2ccc(C(=O)N[C@@H]3COCC[C@@]34NC(=O)NC4=O)cc2)c2ccccc2n1. The summed E-state index contributed by atoms with van der Waals surface area (Å²) in [7, 11) is 0. The molecule has 8 nitrogen and oxygen atoms in total. The maximum atomic E-state index is 12.9. The molecular formula is C25H24N4O4. The molecule has 2 aliphatic heterocycles. The van der Waals surface area contributed by atoms with Crippen LogP contribution in [-0.2, 0) is 16.0 Å². The molecule has 168 valence electrons. The van der Waals surface area contributed by atoms with Crippen LogP contribution >= 0.6 is 0 Å². The van der Waals surface area contributed by atoms with Gasteiger partial charge in [-0.3, -0.25) is 19.9 Å². The minimum absolute atomic E-state index is 0.145. The van der Waals surface area contributed by atoms with E-state index >= 15 is 0 Å². The van der Waals surface area contributed by atoms with Crippen molar-refractivity contribution < 1.29 is 19.1 Å². The van der Waals surface area contributed by atoms with E-state index in [1.54, 1.807) is 12.1 Å². The number of carbonyl (C=O) groups is 3. The van der Waals surface area contributed by atoms with Crippen LogP contribution in [0.3, 0.4) is 0 Å². The third-order valence-electron chi connectivity index (χ3n) is 6.33. The maximum absolute atomic E-state index is 12.9. The Kier molecular flexibility index (Phi) is 5.30. The molecule has 0 bridgehead atoms. The fourth-order valence-corrected chi connectivity index (χ4v) is 4.62. The Hall–Kier alpha value is -3.78. The van der Waals surface area contributed by atoms with Crippen LogP contribution in [0.5, 0.6) is 0 Å². The van der Waals surface area contributed by atoms with E-state index < -0.39 is 23.5 Å². The molecule has 2 fully saturated rings. The number of amides is 4. The van der Waals surface area contributed by atoms with Crippen LogP contribution < -0.4 is 16.0 Å². The van der Waals surface area contributed by atoms with Gasteiger partial charge in [-0.05, 0) is 48.7 Å². The number of nitrogens with zero attached hydrogens (tertiary/aromatic N) is 1. The van der Waals surface area contributed by atoms with Crippen molar-refractivity contribution in [1.82, 2.24) is 20.9 Å². The molecule has 0 saturated carbocycles. The normalized spacial score (nSPS) is 22.3. The van der Waals surface area contributed by atoms with Gasteiger partial charge in [-0.1, -0.05) is 30.3 Å². The summed E-state index contributed by atoms with van der Waals surface area (Å²) in [5, 5.41) is 8.94. The number of imide groups is 1. The van der Waals surface area contributed by atoms with Crippen molar-refractivity contribution in [3.05, 3.63) is 77.0 Å². The minimum Gasteiger partial charge on any atom is -0.379 e. The number of hydrogen-bond acceptors (Lipinski definition) is 5. The number of rotatable bonds is 4. The van der Waals surface area contributed by atoms with Gasteiger partial charge in [-0.25, -0.2) is 4.79 Å². The molecule has 3 aromatic rings. The van der Waals surface area contributed by atoms with Crippen LogP contribution in [0.15, 0.2) is 54.6 Å². The van der Waals surface area contributed by atoms with Gasteiger partial charge >= 0.3 is 6.03 Å². The first-order valence-corrected chi connectivity index (χ1v) is 10.9. The molecule has 33 heavy (non-hydrogen) atoms. The molecule has 2 aromatic carbocycles. The molecule has 3 heterocycles. The maximum Gasteiger partial charge on any atom is 0.322 e. The summed E-state index contributed by atoms with van der Waals surface area (Å²) in [5.74, 6) is -0.758. The van der Waals surface area contributed by atoms with Crippen LogP contribution in [0.2, 0.25) is 0 Å². The lowest BCUT2D eigenvalue weighted by Gasteiger charge is -2.38. The molecule has 2 saturated heterocycles. The minimum atomic E-state index is -1.18. The molecule has 1 spiro atoms. The molecule has 1 aromatic heterocycles. The van der Waals surface area contributed by atoms with Crippen LogP contribution in [0.25, 0.3) is 10.9 Å². The number of aromatic nitrogens is 1. The molecule has 0 radical (unpaired) electrons. The highest BCUT2D eigenvalue weighted by Crippen LogP contribution is 2.25. The van der Waals surface area contributed by atoms with E-state index in [4.69, 9.17) is 4.74 Å². The molecule has 8 heteroatoms. The Bertz CT molecular complexity index is 1260. The van der Waals surface area contributed by atoms with Crippen molar-refractivity contribution in [3.63, 3.8) is 0 Å². The zero-order valence-electron chi connectivity index (χ0n) is 18.2. The first-order chi connectivity index (χ1) is 15.9. The number of fused-ring (bicyclic) bond motifs is 1. The fraction of sp³-hybridized carbons (Fsp3) is 0.280. The topological polar surface area (TPSA) is 109 Å². The zero-order valence-corrected chi connectivity index (χ0v) is 18.2. The van der Waals surface area contributed by atoms with E-state index in [2.05, 4.69) is 33.1 Å². The number of urea groups is 1. The van der Waals surface area contributed by atoms with Crippen molar-refractivity contribution in [3.8, 4) is 0 Å². The molecule has 0 unspecified atom stereocenters. The van der Waals surface area contributed by atoms with E-state index in [1.807, 2.05) is 37.3 Å². The first kappa shape index (κ1) is 21.1. The molecule has 3 N–H and O–H groups in total. The largest absolute Gasteiger partial charge is 0.379 e. The predicted octanol–water partition coefficient (Wildman–Crippen LogP) is 2.23. The zero-order chi connectivity index (χ0) is 23.0. The van der Waals surface area contributed by atoms with Gasteiger partial charge in [0.05, 0.1) is 18.2 Å². The number of benzene rings is 2. The van der Waals surface area contributed by atoms with Gasteiger partial charge in [-0.2, -0.15) is 0 Å². The Morgan fingerprint density at radius 2 is 1.97 bits per heavy atom. The highest BCUT2D eigenvalue weighted by molar-refractivity contribution is 6.08. The van der Waals surface area contributed by atoms with E-state index in [9.17, 15) is 14.4 Å². The Morgan fingerprint density at radius 3 is 2.73 bits per heavy atom. The van der Waals surface area contributed by atoms with E-state index in [0.29, 0.717) is 18.6 Å². The van der Waals surface area contributed by atoms with E-state index in [0.717, 1.165) is 28.6 Å².